The van der Waals surface area contributed by atoms with Gasteiger partial charge in [0.05, 0.1) is 6.20 Å². The molecular weight excluding hydrogens is 318 g/mol. The van der Waals surface area contributed by atoms with E-state index in [1.54, 1.807) is 0 Å². The summed E-state index contributed by atoms with van der Waals surface area (Å²) in [7, 11) is 0. The van der Waals surface area contributed by atoms with E-state index in [0.717, 1.165) is 29.4 Å². The second-order valence-electron chi connectivity index (χ2n) is 10.3. The van der Waals surface area contributed by atoms with Gasteiger partial charge in [-0.15, -0.1) is 0 Å². The first-order chi connectivity index (χ1) is 12.6. The van der Waals surface area contributed by atoms with Crippen LogP contribution in [0.5, 0.6) is 5.75 Å². The number of pyridine rings is 1. The highest BCUT2D eigenvalue weighted by Gasteiger charge is 2.60. The second-order valence-corrected chi connectivity index (χ2v) is 10.3. The molecule has 0 aromatic carbocycles. The lowest BCUT2D eigenvalue weighted by Crippen LogP contribution is -2.53. The van der Waals surface area contributed by atoms with Crippen molar-refractivity contribution < 1.29 is 4.74 Å². The summed E-state index contributed by atoms with van der Waals surface area (Å²) in [6.45, 7) is 5.23. The van der Waals surface area contributed by atoms with E-state index in [-0.39, 0.29) is 0 Å². The van der Waals surface area contributed by atoms with Gasteiger partial charge in [0.15, 0.2) is 0 Å². The molecule has 4 aliphatic rings. The van der Waals surface area contributed by atoms with Crippen LogP contribution in [0.2, 0.25) is 0 Å². The van der Waals surface area contributed by atoms with E-state index in [1.807, 2.05) is 18.5 Å². The zero-order chi connectivity index (χ0) is 17.8. The maximum atomic E-state index is 6.50. The van der Waals surface area contributed by atoms with Crippen molar-refractivity contribution in [1.82, 2.24) is 4.98 Å². The van der Waals surface area contributed by atoms with E-state index >= 15 is 0 Å². The van der Waals surface area contributed by atoms with Crippen LogP contribution in [0.4, 0.5) is 0 Å². The molecule has 4 aliphatic carbocycles. The van der Waals surface area contributed by atoms with Crippen molar-refractivity contribution in [2.75, 3.05) is 0 Å². The van der Waals surface area contributed by atoms with Gasteiger partial charge >= 0.3 is 0 Å². The van der Waals surface area contributed by atoms with E-state index in [2.05, 4.69) is 24.9 Å². The molecule has 0 radical (unpaired) electrons. The smallest absolute Gasteiger partial charge is 0.138 e. The minimum atomic E-state index is 0.370. The molecule has 4 saturated carbocycles. The summed E-state index contributed by atoms with van der Waals surface area (Å²) in [5, 5.41) is 0. The molecule has 1 aromatic heterocycles. The van der Waals surface area contributed by atoms with Gasteiger partial charge in [-0.3, -0.25) is 4.98 Å². The molecule has 1 heterocycles. The molecule has 0 spiro atoms. The molecule has 26 heavy (non-hydrogen) atoms. The summed E-state index contributed by atoms with van der Waals surface area (Å²) in [4.78, 5) is 4.25. The SMILES string of the molecule is C[C@]12CCCCC1CC[C@@H]1[C@H]2CC[C@]2(C)C(Oc3cccnc3)CC[C@@H]12. The zero-order valence-electron chi connectivity index (χ0n) is 16.6. The minimum absolute atomic E-state index is 0.370. The summed E-state index contributed by atoms with van der Waals surface area (Å²) in [6.07, 6.45) is 18.5. The molecule has 0 saturated heterocycles. The number of hydrogen-bond donors (Lipinski definition) is 0. The summed E-state index contributed by atoms with van der Waals surface area (Å²) < 4.78 is 6.50. The molecule has 5 rings (SSSR count). The Balaban J connectivity index is 1.38. The van der Waals surface area contributed by atoms with Crippen molar-refractivity contribution in [1.29, 1.82) is 0 Å². The standard InChI is InChI=1S/C24H35NO/c1-23-13-4-3-6-17(23)8-9-19-20-10-11-22(24(20,2)14-12-21(19)23)26-18-7-5-15-25-16-18/h5,7,15-17,19-22H,3-4,6,8-14H2,1-2H3/t17?,19-,20-,21+,22?,23-,24-/m0/s1. The van der Waals surface area contributed by atoms with Crippen LogP contribution >= 0.6 is 0 Å². The fourth-order valence-corrected chi connectivity index (χ4v) is 8.02. The molecule has 0 aliphatic heterocycles. The third kappa shape index (κ3) is 2.47. The van der Waals surface area contributed by atoms with Crippen molar-refractivity contribution in [3.05, 3.63) is 24.5 Å². The maximum absolute atomic E-state index is 6.50. The summed E-state index contributed by atoms with van der Waals surface area (Å²) in [5.41, 5.74) is 1.01. The quantitative estimate of drug-likeness (QED) is 0.626. The molecule has 7 atom stereocenters. The minimum Gasteiger partial charge on any atom is -0.488 e. The average Bonchev–Trinajstić information content (AvgIpc) is 2.98. The van der Waals surface area contributed by atoms with Crippen LogP contribution in [0, 0.1) is 34.5 Å². The van der Waals surface area contributed by atoms with Gasteiger partial charge in [0.25, 0.3) is 0 Å². The van der Waals surface area contributed by atoms with Gasteiger partial charge in [-0.25, -0.2) is 0 Å². The van der Waals surface area contributed by atoms with E-state index < -0.39 is 0 Å². The Morgan fingerprint density at radius 3 is 2.65 bits per heavy atom. The Morgan fingerprint density at radius 2 is 1.81 bits per heavy atom. The van der Waals surface area contributed by atoms with Crippen LogP contribution in [0.25, 0.3) is 0 Å². The number of hydrogen-bond acceptors (Lipinski definition) is 2. The lowest BCUT2D eigenvalue weighted by molar-refractivity contribution is -0.117. The summed E-state index contributed by atoms with van der Waals surface area (Å²) >= 11 is 0. The van der Waals surface area contributed by atoms with Crippen LogP contribution in [0.15, 0.2) is 24.5 Å². The number of rotatable bonds is 2. The zero-order valence-corrected chi connectivity index (χ0v) is 16.6. The molecule has 1 aromatic rings. The van der Waals surface area contributed by atoms with Crippen LogP contribution in [-0.4, -0.2) is 11.1 Å². The van der Waals surface area contributed by atoms with Crippen molar-refractivity contribution >= 4 is 0 Å². The molecule has 142 valence electrons. The maximum Gasteiger partial charge on any atom is 0.138 e. The molecule has 2 nitrogen and oxygen atoms in total. The van der Waals surface area contributed by atoms with Crippen molar-refractivity contribution in [3.63, 3.8) is 0 Å². The molecule has 0 amide bonds. The lowest BCUT2D eigenvalue weighted by atomic mass is 9.45. The average molecular weight is 354 g/mol. The molecule has 0 bridgehead atoms. The molecule has 0 N–H and O–H groups in total. The predicted octanol–water partition coefficient (Wildman–Crippen LogP) is 6.26. The Bertz CT molecular complexity index is 645. The molecule has 4 fully saturated rings. The number of nitrogens with zero attached hydrogens (tertiary/aromatic N) is 1. The Kier molecular flexibility index (Phi) is 4.10. The highest BCUT2D eigenvalue weighted by atomic mass is 16.5. The van der Waals surface area contributed by atoms with Crippen molar-refractivity contribution in [2.45, 2.75) is 84.2 Å². The fraction of sp³-hybridized carbons (Fsp3) is 0.792. The molecular formula is C24H35NO. The van der Waals surface area contributed by atoms with Gasteiger partial charge in [0.2, 0.25) is 0 Å². The van der Waals surface area contributed by atoms with Gasteiger partial charge < -0.3 is 4.74 Å². The lowest BCUT2D eigenvalue weighted by Gasteiger charge is -2.60. The van der Waals surface area contributed by atoms with Crippen LogP contribution in [0.3, 0.4) is 0 Å². The van der Waals surface area contributed by atoms with Gasteiger partial charge in [0.1, 0.15) is 11.9 Å². The van der Waals surface area contributed by atoms with E-state index in [1.165, 1.54) is 64.2 Å². The van der Waals surface area contributed by atoms with Crippen molar-refractivity contribution in [2.24, 2.45) is 34.5 Å². The fourth-order valence-electron chi connectivity index (χ4n) is 8.02. The molecule has 2 heteroatoms. The van der Waals surface area contributed by atoms with Gasteiger partial charge in [0, 0.05) is 11.6 Å². The summed E-state index contributed by atoms with van der Waals surface area (Å²) in [6, 6.07) is 4.07. The Labute approximate surface area is 159 Å². The normalized spacial score (nSPS) is 47.5. The topological polar surface area (TPSA) is 22.1 Å². The summed E-state index contributed by atoms with van der Waals surface area (Å²) in [5.74, 6) is 4.80. The first kappa shape index (κ1) is 17.1. The monoisotopic (exact) mass is 353 g/mol. The van der Waals surface area contributed by atoms with Crippen LogP contribution in [0.1, 0.15) is 78.1 Å². The first-order valence-corrected chi connectivity index (χ1v) is 11.2. The Hall–Kier alpha value is -1.05. The van der Waals surface area contributed by atoms with E-state index in [9.17, 15) is 0 Å². The van der Waals surface area contributed by atoms with Gasteiger partial charge in [-0.05, 0) is 92.6 Å². The van der Waals surface area contributed by atoms with E-state index in [4.69, 9.17) is 4.74 Å². The van der Waals surface area contributed by atoms with Gasteiger partial charge in [-0.1, -0.05) is 26.7 Å². The largest absolute Gasteiger partial charge is 0.488 e. The highest BCUT2D eigenvalue weighted by molar-refractivity contribution is 5.18. The predicted molar refractivity (Wildman–Crippen MR) is 105 cm³/mol. The Morgan fingerprint density at radius 1 is 0.923 bits per heavy atom. The third-order valence-electron chi connectivity index (χ3n) is 9.41. The molecule has 2 unspecified atom stereocenters. The first-order valence-electron chi connectivity index (χ1n) is 11.2. The number of fused-ring (bicyclic) bond motifs is 5. The number of ether oxygens (including phenoxy) is 1. The van der Waals surface area contributed by atoms with Gasteiger partial charge in [-0.2, -0.15) is 0 Å². The highest BCUT2D eigenvalue weighted by Crippen LogP contribution is 2.66. The third-order valence-corrected chi connectivity index (χ3v) is 9.41. The van der Waals surface area contributed by atoms with E-state index in [0.29, 0.717) is 16.9 Å². The number of aromatic nitrogens is 1. The van der Waals surface area contributed by atoms with Crippen LogP contribution < -0.4 is 4.74 Å². The van der Waals surface area contributed by atoms with Crippen LogP contribution in [-0.2, 0) is 0 Å². The van der Waals surface area contributed by atoms with Crippen molar-refractivity contribution in [3.8, 4) is 5.75 Å². The second kappa shape index (κ2) is 6.24.